The molecule has 0 aliphatic rings. The second-order valence-corrected chi connectivity index (χ2v) is 5.99. The van der Waals surface area contributed by atoms with Crippen LogP contribution in [-0.2, 0) is 0 Å². The second kappa shape index (κ2) is 11.4. The zero-order valence-electron chi connectivity index (χ0n) is 13.8. The molecule has 0 aliphatic carbocycles. The van der Waals surface area contributed by atoms with Crippen LogP contribution < -0.4 is 0 Å². The van der Waals surface area contributed by atoms with Gasteiger partial charge in [0.15, 0.2) is 0 Å². The summed E-state index contributed by atoms with van der Waals surface area (Å²) in [6.07, 6.45) is 12.7. The van der Waals surface area contributed by atoms with Crippen LogP contribution in [0.4, 0.5) is 0 Å². The van der Waals surface area contributed by atoms with Crippen LogP contribution in [0.15, 0.2) is 29.4 Å². The molecule has 0 atom stereocenters. The summed E-state index contributed by atoms with van der Waals surface area (Å²) in [6.45, 7) is 4.33. The molecule has 1 rings (SSSR count). The van der Waals surface area contributed by atoms with Gasteiger partial charge in [-0.3, -0.25) is 0 Å². The summed E-state index contributed by atoms with van der Waals surface area (Å²) in [5, 5.41) is 12.6. The average Bonchev–Trinajstić information content (AvgIpc) is 2.51. The fourth-order valence-corrected chi connectivity index (χ4v) is 2.60. The molecule has 0 radical (unpaired) electrons. The van der Waals surface area contributed by atoms with Crippen LogP contribution in [-0.4, -0.2) is 10.9 Å². The lowest BCUT2D eigenvalue weighted by Crippen LogP contribution is -2.01. The number of rotatable bonds is 11. The second-order valence-electron chi connectivity index (χ2n) is 5.99. The molecule has 1 N–H and O–H groups in total. The monoisotopic (exact) mass is 289 g/mol. The fourth-order valence-electron chi connectivity index (χ4n) is 2.60. The Morgan fingerprint density at radius 2 is 1.38 bits per heavy atom. The van der Waals surface area contributed by atoms with Crippen LogP contribution >= 0.6 is 0 Å². The van der Waals surface area contributed by atoms with Gasteiger partial charge in [0.1, 0.15) is 0 Å². The minimum atomic E-state index is 0.818. The summed E-state index contributed by atoms with van der Waals surface area (Å²) >= 11 is 0. The van der Waals surface area contributed by atoms with Crippen LogP contribution in [0.3, 0.4) is 0 Å². The molecule has 2 nitrogen and oxygen atoms in total. The van der Waals surface area contributed by atoms with Crippen molar-refractivity contribution >= 4 is 5.71 Å². The molecule has 1 aromatic rings. The number of benzene rings is 1. The molecule has 118 valence electrons. The van der Waals surface area contributed by atoms with E-state index in [0.29, 0.717) is 0 Å². The summed E-state index contributed by atoms with van der Waals surface area (Å²) in [6, 6.07) is 8.21. The van der Waals surface area contributed by atoms with Gasteiger partial charge < -0.3 is 5.21 Å². The Labute approximate surface area is 130 Å². The van der Waals surface area contributed by atoms with Gasteiger partial charge in [0.25, 0.3) is 0 Å². The molecule has 0 bridgehead atoms. The first-order valence-corrected chi connectivity index (χ1v) is 8.56. The third-order valence-corrected chi connectivity index (χ3v) is 4.02. The van der Waals surface area contributed by atoms with Crippen molar-refractivity contribution in [3.8, 4) is 0 Å². The van der Waals surface area contributed by atoms with Crippen molar-refractivity contribution in [3.63, 3.8) is 0 Å². The van der Waals surface area contributed by atoms with Gasteiger partial charge in [0.2, 0.25) is 0 Å². The molecule has 0 unspecified atom stereocenters. The SMILES string of the molecule is CCCCCCCCCCC/C(=N\O)c1ccc(C)cc1. The van der Waals surface area contributed by atoms with Crippen molar-refractivity contribution in [2.75, 3.05) is 0 Å². The average molecular weight is 289 g/mol. The molecule has 0 fully saturated rings. The first kappa shape index (κ1) is 17.7. The normalized spacial score (nSPS) is 11.8. The minimum absolute atomic E-state index is 0.818. The van der Waals surface area contributed by atoms with E-state index < -0.39 is 0 Å². The number of nitrogens with zero attached hydrogens (tertiary/aromatic N) is 1. The van der Waals surface area contributed by atoms with E-state index in [9.17, 15) is 0 Å². The number of unbranched alkanes of at least 4 members (excludes halogenated alkanes) is 8. The smallest absolute Gasteiger partial charge is 0.0867 e. The van der Waals surface area contributed by atoms with E-state index in [1.807, 2.05) is 12.1 Å². The van der Waals surface area contributed by atoms with Crippen molar-refractivity contribution in [2.24, 2.45) is 5.16 Å². The minimum Gasteiger partial charge on any atom is -0.411 e. The van der Waals surface area contributed by atoms with Gasteiger partial charge in [-0.2, -0.15) is 0 Å². The summed E-state index contributed by atoms with van der Waals surface area (Å²) in [5.41, 5.74) is 3.10. The van der Waals surface area contributed by atoms with Crippen LogP contribution in [0.5, 0.6) is 0 Å². The Kier molecular flexibility index (Phi) is 9.60. The standard InChI is InChI=1S/C19H31NO/c1-3-4-5-6-7-8-9-10-11-12-19(20-21)18-15-13-17(2)14-16-18/h13-16,21H,3-12H2,1-2H3/b20-19+. The zero-order chi connectivity index (χ0) is 15.3. The Morgan fingerprint density at radius 3 is 1.90 bits per heavy atom. The molecule has 21 heavy (non-hydrogen) atoms. The molecule has 0 amide bonds. The summed E-state index contributed by atoms with van der Waals surface area (Å²) in [5.74, 6) is 0. The maximum absolute atomic E-state index is 9.16. The molecular formula is C19H31NO. The van der Waals surface area contributed by atoms with E-state index in [0.717, 1.165) is 24.1 Å². The number of hydrogen-bond donors (Lipinski definition) is 1. The van der Waals surface area contributed by atoms with Crippen LogP contribution in [0.2, 0.25) is 0 Å². The highest BCUT2D eigenvalue weighted by molar-refractivity contribution is 6.00. The molecule has 0 heterocycles. The Balaban J connectivity index is 2.12. The first-order valence-electron chi connectivity index (χ1n) is 8.56. The summed E-state index contributed by atoms with van der Waals surface area (Å²) in [7, 11) is 0. The Morgan fingerprint density at radius 1 is 0.857 bits per heavy atom. The van der Waals surface area contributed by atoms with Crippen molar-refractivity contribution in [3.05, 3.63) is 35.4 Å². The highest BCUT2D eigenvalue weighted by Gasteiger charge is 2.04. The Hall–Kier alpha value is -1.31. The van der Waals surface area contributed by atoms with E-state index in [4.69, 9.17) is 5.21 Å². The van der Waals surface area contributed by atoms with Gasteiger partial charge in [-0.05, 0) is 25.3 Å². The molecule has 2 heteroatoms. The molecule has 0 aliphatic heterocycles. The molecule has 0 spiro atoms. The van der Waals surface area contributed by atoms with E-state index in [2.05, 4.69) is 31.1 Å². The van der Waals surface area contributed by atoms with E-state index >= 15 is 0 Å². The number of hydrogen-bond acceptors (Lipinski definition) is 2. The molecule has 1 aromatic carbocycles. The number of oxime groups is 1. The van der Waals surface area contributed by atoms with Gasteiger partial charge in [0, 0.05) is 0 Å². The third kappa shape index (κ3) is 7.89. The highest BCUT2D eigenvalue weighted by atomic mass is 16.4. The molecule has 0 saturated carbocycles. The predicted molar refractivity (Wildman–Crippen MR) is 91.3 cm³/mol. The molecule has 0 aromatic heterocycles. The summed E-state index contributed by atoms with van der Waals surface area (Å²) in [4.78, 5) is 0. The first-order chi connectivity index (χ1) is 10.3. The lowest BCUT2D eigenvalue weighted by Gasteiger charge is -2.05. The van der Waals surface area contributed by atoms with Crippen molar-refractivity contribution in [1.82, 2.24) is 0 Å². The predicted octanol–water partition coefficient (Wildman–Crippen LogP) is 6.09. The highest BCUT2D eigenvalue weighted by Crippen LogP contribution is 2.13. The maximum atomic E-state index is 9.16. The van der Waals surface area contributed by atoms with Gasteiger partial charge in [-0.15, -0.1) is 0 Å². The Bertz CT molecular complexity index is 395. The number of aryl methyl sites for hydroxylation is 1. The van der Waals surface area contributed by atoms with Crippen molar-refractivity contribution < 1.29 is 5.21 Å². The van der Waals surface area contributed by atoms with E-state index in [1.165, 1.54) is 56.9 Å². The molecular weight excluding hydrogens is 258 g/mol. The van der Waals surface area contributed by atoms with Gasteiger partial charge >= 0.3 is 0 Å². The lowest BCUT2D eigenvalue weighted by atomic mass is 10.0. The van der Waals surface area contributed by atoms with Crippen molar-refractivity contribution in [1.29, 1.82) is 0 Å². The van der Waals surface area contributed by atoms with Gasteiger partial charge in [0.05, 0.1) is 5.71 Å². The third-order valence-electron chi connectivity index (χ3n) is 4.02. The van der Waals surface area contributed by atoms with E-state index in [1.54, 1.807) is 0 Å². The van der Waals surface area contributed by atoms with Crippen LogP contribution in [0.25, 0.3) is 0 Å². The largest absolute Gasteiger partial charge is 0.411 e. The van der Waals surface area contributed by atoms with E-state index in [-0.39, 0.29) is 0 Å². The topological polar surface area (TPSA) is 32.6 Å². The van der Waals surface area contributed by atoms with Gasteiger partial charge in [-0.1, -0.05) is 93.3 Å². The maximum Gasteiger partial charge on any atom is 0.0867 e. The lowest BCUT2D eigenvalue weighted by molar-refractivity contribution is 0.317. The fraction of sp³-hybridized carbons (Fsp3) is 0.632. The van der Waals surface area contributed by atoms with Crippen molar-refractivity contribution in [2.45, 2.75) is 78.1 Å². The zero-order valence-corrected chi connectivity index (χ0v) is 13.8. The van der Waals surface area contributed by atoms with Crippen LogP contribution in [0.1, 0.15) is 82.3 Å². The van der Waals surface area contributed by atoms with Gasteiger partial charge in [-0.25, -0.2) is 0 Å². The molecule has 0 saturated heterocycles. The quantitative estimate of drug-likeness (QED) is 0.227. The summed E-state index contributed by atoms with van der Waals surface area (Å²) < 4.78 is 0. The van der Waals surface area contributed by atoms with Crippen LogP contribution in [0, 0.1) is 6.92 Å².